The summed E-state index contributed by atoms with van der Waals surface area (Å²) in [5.41, 5.74) is -0.00486. The van der Waals surface area contributed by atoms with Crippen LogP contribution in [0, 0.1) is 29.1 Å². The van der Waals surface area contributed by atoms with Crippen molar-refractivity contribution in [3.8, 4) is 17.9 Å². The van der Waals surface area contributed by atoms with Gasteiger partial charge in [0.25, 0.3) is 0 Å². The molecule has 2 aliphatic rings. The number of nitrogens with one attached hydrogen (secondary N) is 1. The molecule has 62 valence electrons. The predicted octanol–water partition coefficient (Wildman–Crippen LogP) is 1.05. The maximum atomic E-state index is 8.36. The molecule has 2 aliphatic carbocycles. The molecule has 0 aromatic carbocycles. The van der Waals surface area contributed by atoms with Gasteiger partial charge in [-0.05, 0) is 18.8 Å². The third-order valence-electron chi connectivity index (χ3n) is 2.75. The van der Waals surface area contributed by atoms with E-state index in [0.717, 1.165) is 12.5 Å². The van der Waals surface area contributed by atoms with E-state index in [9.17, 15) is 0 Å². The molecule has 2 nitrogen and oxygen atoms in total. The Labute approximate surface area is 73.0 Å². The van der Waals surface area contributed by atoms with Gasteiger partial charge in [-0.3, -0.25) is 5.32 Å². The molecule has 0 amide bonds. The van der Waals surface area contributed by atoms with Crippen LogP contribution in [-0.4, -0.2) is 12.1 Å². The van der Waals surface area contributed by atoms with Crippen LogP contribution in [-0.2, 0) is 0 Å². The minimum Gasteiger partial charge on any atom is -0.290 e. The Morgan fingerprint density at radius 2 is 2.25 bits per heavy atom. The first-order valence-electron chi connectivity index (χ1n) is 4.54. The molecule has 0 aromatic rings. The molecule has 1 N–H and O–H groups in total. The first kappa shape index (κ1) is 7.65. The molecule has 0 heterocycles. The van der Waals surface area contributed by atoms with Crippen LogP contribution in [0.2, 0.25) is 0 Å². The van der Waals surface area contributed by atoms with Crippen molar-refractivity contribution in [2.24, 2.45) is 5.92 Å². The van der Waals surface area contributed by atoms with Crippen molar-refractivity contribution in [2.75, 3.05) is 6.54 Å². The maximum Gasteiger partial charge on any atom is 0.145 e. The summed E-state index contributed by atoms with van der Waals surface area (Å²) in [7, 11) is 0. The van der Waals surface area contributed by atoms with E-state index in [1.54, 1.807) is 0 Å². The fourth-order valence-electron chi connectivity index (χ4n) is 1.66. The van der Waals surface area contributed by atoms with Gasteiger partial charge in [0.1, 0.15) is 5.54 Å². The molecule has 1 saturated carbocycles. The Bertz CT molecular complexity index is 264. The fourth-order valence-corrected chi connectivity index (χ4v) is 1.66. The fraction of sp³-hybridized carbons (Fsp3) is 0.700. The van der Waals surface area contributed by atoms with E-state index in [0.29, 0.717) is 6.42 Å². The molecular weight excluding hydrogens is 148 g/mol. The van der Waals surface area contributed by atoms with Crippen molar-refractivity contribution in [1.29, 1.82) is 5.26 Å². The van der Waals surface area contributed by atoms with E-state index in [1.807, 2.05) is 0 Å². The number of hydrogen-bond donors (Lipinski definition) is 1. The summed E-state index contributed by atoms with van der Waals surface area (Å²) < 4.78 is 0. The highest BCUT2D eigenvalue weighted by molar-refractivity contribution is 5.49. The summed E-state index contributed by atoms with van der Waals surface area (Å²) in [5, 5.41) is 11.7. The minimum atomic E-state index is -0.00486. The lowest BCUT2D eigenvalue weighted by Gasteiger charge is -2.33. The van der Waals surface area contributed by atoms with Gasteiger partial charge in [-0.1, -0.05) is 18.3 Å². The van der Waals surface area contributed by atoms with E-state index in [-0.39, 0.29) is 5.54 Å². The van der Waals surface area contributed by atoms with E-state index >= 15 is 0 Å². The molecule has 0 radical (unpaired) electrons. The molecule has 0 bridgehead atoms. The number of nitriles is 1. The zero-order valence-electron chi connectivity index (χ0n) is 7.06. The summed E-state index contributed by atoms with van der Waals surface area (Å²) >= 11 is 0. The van der Waals surface area contributed by atoms with Crippen LogP contribution in [0.25, 0.3) is 0 Å². The Morgan fingerprint density at radius 3 is 2.67 bits per heavy atom. The third kappa shape index (κ3) is 1.19. The number of rotatable bonds is 4. The number of nitrogens with zero attached hydrogens (tertiary/aromatic N) is 1. The summed E-state index contributed by atoms with van der Waals surface area (Å²) in [6.45, 7) is 0.771. The largest absolute Gasteiger partial charge is 0.290 e. The molecule has 0 saturated heterocycles. The van der Waals surface area contributed by atoms with Crippen LogP contribution in [0.1, 0.15) is 25.7 Å². The summed E-state index contributed by atoms with van der Waals surface area (Å²) in [4.78, 5) is 0. The average molecular weight is 160 g/mol. The van der Waals surface area contributed by atoms with Gasteiger partial charge in [-0.2, -0.15) is 5.26 Å². The molecule has 0 aliphatic heterocycles. The standard InChI is InChI=1S/C10H12N2/c11-7-2-8-12-10(5-6-10)9-3-1-4-9/h9,12H,1-4,8H2. The lowest BCUT2D eigenvalue weighted by Crippen LogP contribution is -2.45. The van der Waals surface area contributed by atoms with Gasteiger partial charge in [0.05, 0.1) is 6.07 Å². The van der Waals surface area contributed by atoms with Gasteiger partial charge in [0.15, 0.2) is 0 Å². The Kier molecular flexibility index (Phi) is 1.79. The molecule has 12 heavy (non-hydrogen) atoms. The molecule has 1 fully saturated rings. The highest BCUT2D eigenvalue weighted by Gasteiger charge is 2.44. The van der Waals surface area contributed by atoms with Gasteiger partial charge >= 0.3 is 0 Å². The zero-order chi connectivity index (χ0) is 8.44. The minimum absolute atomic E-state index is 0.00486. The second-order valence-electron chi connectivity index (χ2n) is 3.52. The first-order valence-corrected chi connectivity index (χ1v) is 4.54. The van der Waals surface area contributed by atoms with E-state index in [4.69, 9.17) is 5.26 Å². The van der Waals surface area contributed by atoms with E-state index in [1.165, 1.54) is 19.3 Å². The average Bonchev–Trinajstić information content (AvgIpc) is 2.66. The predicted molar refractivity (Wildman–Crippen MR) is 46.1 cm³/mol. The van der Waals surface area contributed by atoms with Crippen molar-refractivity contribution in [2.45, 2.75) is 31.2 Å². The lowest BCUT2D eigenvalue weighted by atomic mass is 9.76. The molecule has 2 rings (SSSR count). The summed E-state index contributed by atoms with van der Waals surface area (Å²) in [6, 6.07) is 2.12. The van der Waals surface area contributed by atoms with Gasteiger partial charge in [-0.15, -0.1) is 0 Å². The van der Waals surface area contributed by atoms with Gasteiger partial charge < -0.3 is 0 Å². The van der Waals surface area contributed by atoms with Crippen molar-refractivity contribution >= 4 is 0 Å². The highest BCUT2D eigenvalue weighted by atomic mass is 15.0. The summed E-state index contributed by atoms with van der Waals surface area (Å²) in [5.74, 6) is 7.00. The molecule has 0 spiro atoms. The topological polar surface area (TPSA) is 35.8 Å². The first-order chi connectivity index (χ1) is 5.87. The Balaban J connectivity index is 1.75. The van der Waals surface area contributed by atoms with Crippen LogP contribution in [0.15, 0.2) is 0 Å². The Morgan fingerprint density at radius 1 is 1.50 bits per heavy atom. The monoisotopic (exact) mass is 160 g/mol. The molecule has 0 atom stereocenters. The molecular formula is C10H12N2. The molecule has 0 unspecified atom stereocenters. The van der Waals surface area contributed by atoms with Gasteiger partial charge in [-0.25, -0.2) is 0 Å². The Hall–Kier alpha value is -0.990. The normalized spacial score (nSPS) is 23.2. The molecule has 0 aromatic heterocycles. The maximum absolute atomic E-state index is 8.36. The van der Waals surface area contributed by atoms with Crippen LogP contribution in [0.5, 0.6) is 0 Å². The second-order valence-corrected chi connectivity index (χ2v) is 3.52. The number of hydrogen-bond acceptors (Lipinski definition) is 2. The van der Waals surface area contributed by atoms with Crippen LogP contribution in [0.3, 0.4) is 0 Å². The van der Waals surface area contributed by atoms with Gasteiger partial charge in [0.2, 0.25) is 0 Å². The van der Waals surface area contributed by atoms with Crippen molar-refractivity contribution < 1.29 is 0 Å². The second kappa shape index (κ2) is 2.81. The lowest BCUT2D eigenvalue weighted by molar-refractivity contribution is 0.237. The zero-order valence-corrected chi connectivity index (χ0v) is 7.06. The highest BCUT2D eigenvalue weighted by Crippen LogP contribution is 2.39. The smallest absolute Gasteiger partial charge is 0.145 e. The SMILES string of the molecule is N#CCCNC1(C2CCC2)C#C1. The quantitative estimate of drug-likeness (QED) is 0.493. The van der Waals surface area contributed by atoms with Gasteiger partial charge in [0, 0.05) is 13.0 Å². The van der Waals surface area contributed by atoms with Crippen molar-refractivity contribution in [3.63, 3.8) is 0 Å². The van der Waals surface area contributed by atoms with Crippen LogP contribution in [0.4, 0.5) is 0 Å². The van der Waals surface area contributed by atoms with E-state index in [2.05, 4.69) is 23.2 Å². The van der Waals surface area contributed by atoms with E-state index < -0.39 is 0 Å². The third-order valence-corrected chi connectivity index (χ3v) is 2.75. The van der Waals surface area contributed by atoms with Crippen LogP contribution >= 0.6 is 0 Å². The summed E-state index contributed by atoms with van der Waals surface area (Å²) in [6.07, 6.45) is 4.51. The van der Waals surface area contributed by atoms with Crippen LogP contribution < -0.4 is 5.32 Å². The molecule has 2 heteroatoms. The van der Waals surface area contributed by atoms with Crippen molar-refractivity contribution in [3.05, 3.63) is 0 Å². The van der Waals surface area contributed by atoms with Crippen molar-refractivity contribution in [1.82, 2.24) is 5.32 Å².